The Kier molecular flexibility index (Phi) is 6.57. The molecule has 2 heterocycles. The van der Waals surface area contributed by atoms with Gasteiger partial charge in [-0.25, -0.2) is 0 Å². The molecule has 0 aliphatic carbocycles. The second kappa shape index (κ2) is 8.88. The van der Waals surface area contributed by atoms with E-state index in [9.17, 15) is 4.79 Å². The molecule has 5 nitrogen and oxygen atoms in total. The van der Waals surface area contributed by atoms with Crippen LogP contribution in [-0.2, 0) is 4.79 Å². The number of anilines is 1. The summed E-state index contributed by atoms with van der Waals surface area (Å²) in [5, 5.41) is 4.04. The zero-order valence-electron chi connectivity index (χ0n) is 15.2. The van der Waals surface area contributed by atoms with E-state index in [1.807, 2.05) is 18.2 Å². The molecule has 1 aromatic rings. The number of nitrogens with one attached hydrogen (secondary N) is 3. The van der Waals surface area contributed by atoms with Crippen LogP contribution in [0.2, 0.25) is 5.02 Å². The molecule has 0 radical (unpaired) electrons. The second-order valence-corrected chi connectivity index (χ2v) is 7.78. The average molecular weight is 367 g/mol. The van der Waals surface area contributed by atoms with Crippen LogP contribution in [0.15, 0.2) is 24.3 Å². The van der Waals surface area contributed by atoms with E-state index in [1.54, 1.807) is 4.90 Å². The Morgan fingerprint density at radius 2 is 1.92 bits per heavy atom. The first-order valence-electron chi connectivity index (χ1n) is 9.61. The number of hydrogen-bond acceptors (Lipinski definition) is 2. The van der Waals surface area contributed by atoms with Gasteiger partial charge < -0.3 is 20.0 Å². The highest BCUT2D eigenvalue weighted by molar-refractivity contribution is 6.30. The number of halogens is 1. The van der Waals surface area contributed by atoms with E-state index in [-0.39, 0.29) is 5.91 Å². The van der Waals surface area contributed by atoms with Gasteiger partial charge in [0.25, 0.3) is 5.91 Å². The molecule has 2 saturated heterocycles. The van der Waals surface area contributed by atoms with E-state index < -0.39 is 0 Å². The monoisotopic (exact) mass is 366 g/mol. The van der Waals surface area contributed by atoms with Crippen LogP contribution >= 0.6 is 11.6 Å². The van der Waals surface area contributed by atoms with Crippen LogP contribution in [0.5, 0.6) is 0 Å². The lowest BCUT2D eigenvalue weighted by molar-refractivity contribution is -0.903. The van der Waals surface area contributed by atoms with E-state index >= 15 is 0 Å². The number of amides is 1. The van der Waals surface area contributed by atoms with Gasteiger partial charge in [0.1, 0.15) is 0 Å². The maximum atomic E-state index is 12.4. The lowest BCUT2D eigenvalue weighted by Crippen LogP contribution is -3.16. The fourth-order valence-electron chi connectivity index (χ4n) is 3.96. The van der Waals surface area contributed by atoms with Gasteiger partial charge in [0.05, 0.1) is 45.8 Å². The highest BCUT2D eigenvalue weighted by Gasteiger charge is 2.26. The number of quaternary nitrogens is 2. The molecule has 0 bridgehead atoms. The zero-order chi connectivity index (χ0) is 17.6. The van der Waals surface area contributed by atoms with Gasteiger partial charge in [0.2, 0.25) is 0 Å². The van der Waals surface area contributed by atoms with Crippen molar-refractivity contribution >= 4 is 23.2 Å². The number of nitrogens with zero attached hydrogens (tertiary/aromatic N) is 1. The van der Waals surface area contributed by atoms with E-state index in [0.29, 0.717) is 12.6 Å². The molecule has 0 aromatic heterocycles. The Labute approximate surface area is 155 Å². The molecule has 3 rings (SSSR count). The van der Waals surface area contributed by atoms with Gasteiger partial charge in [0.15, 0.2) is 6.54 Å². The molecule has 138 valence electrons. The highest BCUT2D eigenvalue weighted by Crippen LogP contribution is 2.19. The molecular weight excluding hydrogens is 336 g/mol. The molecule has 6 heteroatoms. The van der Waals surface area contributed by atoms with Crippen molar-refractivity contribution in [2.75, 3.05) is 57.3 Å². The number of carbonyl (C=O) groups excluding carboxylic acids is 1. The molecule has 0 saturated carbocycles. The van der Waals surface area contributed by atoms with Gasteiger partial charge in [-0.3, -0.25) is 4.79 Å². The van der Waals surface area contributed by atoms with Gasteiger partial charge >= 0.3 is 0 Å². The van der Waals surface area contributed by atoms with E-state index in [0.717, 1.165) is 44.0 Å². The Hall–Kier alpha value is -1.30. The fraction of sp³-hybridized carbons (Fsp3) is 0.632. The third-order valence-electron chi connectivity index (χ3n) is 5.61. The largest absolute Gasteiger partial charge is 0.360 e. The fourth-order valence-corrected chi connectivity index (χ4v) is 4.14. The molecular formula is C19H31ClN4O+2. The summed E-state index contributed by atoms with van der Waals surface area (Å²) in [5.41, 5.74) is 1.18. The number of benzene rings is 1. The number of carbonyl (C=O) groups is 1. The van der Waals surface area contributed by atoms with Crippen molar-refractivity contribution in [1.29, 1.82) is 0 Å². The number of likely N-dealkylation sites (tertiary alicyclic amines) is 1. The van der Waals surface area contributed by atoms with Crippen LogP contribution < -0.4 is 20.0 Å². The summed E-state index contributed by atoms with van der Waals surface area (Å²) in [5.74, 6) is 0.219. The second-order valence-electron chi connectivity index (χ2n) is 7.34. The van der Waals surface area contributed by atoms with Gasteiger partial charge in [-0.05, 0) is 25.1 Å². The van der Waals surface area contributed by atoms with Crippen molar-refractivity contribution < 1.29 is 14.6 Å². The summed E-state index contributed by atoms with van der Waals surface area (Å²) < 4.78 is 0. The van der Waals surface area contributed by atoms with Crippen LogP contribution in [0.4, 0.5) is 5.69 Å². The van der Waals surface area contributed by atoms with Crippen molar-refractivity contribution in [2.24, 2.45) is 0 Å². The number of piperidine rings is 1. The van der Waals surface area contributed by atoms with E-state index in [4.69, 9.17) is 11.6 Å². The van der Waals surface area contributed by atoms with Gasteiger partial charge in [-0.2, -0.15) is 0 Å². The minimum Gasteiger partial charge on any atom is -0.360 e. The predicted octanol–water partition coefficient (Wildman–Crippen LogP) is -0.772. The summed E-state index contributed by atoms with van der Waals surface area (Å²) in [4.78, 5) is 17.8. The highest BCUT2D eigenvalue weighted by atomic mass is 35.5. The lowest BCUT2D eigenvalue weighted by Gasteiger charge is -2.34. The number of hydrogen-bond donors (Lipinski definition) is 3. The summed E-state index contributed by atoms with van der Waals surface area (Å²) in [6.07, 6.45) is 2.24. The summed E-state index contributed by atoms with van der Waals surface area (Å²) in [7, 11) is 0. The van der Waals surface area contributed by atoms with Gasteiger partial charge in [-0.1, -0.05) is 17.7 Å². The molecule has 2 aliphatic rings. The van der Waals surface area contributed by atoms with Crippen LogP contribution in [0.1, 0.15) is 19.8 Å². The minimum absolute atomic E-state index is 0.219. The van der Waals surface area contributed by atoms with E-state index in [2.05, 4.69) is 23.2 Å². The molecule has 2 aliphatic heterocycles. The SMILES string of the molecule is CC[NH+]1CCC(NC(=O)C[NH+]2CCN(c3cccc(Cl)c3)CC2)CC1. The molecule has 1 amide bonds. The van der Waals surface area contributed by atoms with Crippen molar-refractivity contribution in [3.8, 4) is 0 Å². The standard InChI is InChI=1S/C19H29ClN4O/c1-2-22-8-6-17(7-9-22)21-19(25)15-23-10-12-24(13-11-23)18-5-3-4-16(20)14-18/h3-5,14,17H,2,6-13,15H2,1H3,(H,21,25)/p+2. The van der Waals surface area contributed by atoms with Crippen molar-refractivity contribution in [3.63, 3.8) is 0 Å². The normalized spacial score (nSPS) is 25.0. The Balaban J connectivity index is 1.39. The first-order chi connectivity index (χ1) is 12.1. The van der Waals surface area contributed by atoms with Gasteiger partial charge in [-0.15, -0.1) is 0 Å². The van der Waals surface area contributed by atoms with Crippen molar-refractivity contribution in [3.05, 3.63) is 29.3 Å². The third-order valence-corrected chi connectivity index (χ3v) is 5.85. The zero-order valence-corrected chi connectivity index (χ0v) is 15.9. The molecule has 1 aromatic carbocycles. The molecule has 0 atom stereocenters. The number of rotatable bonds is 5. The summed E-state index contributed by atoms with van der Waals surface area (Å²) in [6, 6.07) is 8.41. The summed E-state index contributed by atoms with van der Waals surface area (Å²) >= 11 is 6.09. The third kappa shape index (κ3) is 5.33. The Morgan fingerprint density at radius 3 is 2.56 bits per heavy atom. The molecule has 25 heavy (non-hydrogen) atoms. The number of piperazine rings is 1. The Bertz CT molecular complexity index is 566. The van der Waals surface area contributed by atoms with Crippen molar-refractivity contribution in [1.82, 2.24) is 5.32 Å². The Morgan fingerprint density at radius 1 is 1.20 bits per heavy atom. The van der Waals surface area contributed by atoms with E-state index in [1.165, 1.54) is 30.2 Å². The summed E-state index contributed by atoms with van der Waals surface area (Å²) in [6.45, 7) is 10.4. The lowest BCUT2D eigenvalue weighted by atomic mass is 10.1. The average Bonchev–Trinajstić information content (AvgIpc) is 2.63. The smallest absolute Gasteiger partial charge is 0.275 e. The topological polar surface area (TPSA) is 41.2 Å². The van der Waals surface area contributed by atoms with Crippen LogP contribution in [0, 0.1) is 0 Å². The van der Waals surface area contributed by atoms with Crippen LogP contribution in [0.3, 0.4) is 0 Å². The molecule has 3 N–H and O–H groups in total. The van der Waals surface area contributed by atoms with Crippen LogP contribution in [0.25, 0.3) is 0 Å². The molecule has 0 spiro atoms. The van der Waals surface area contributed by atoms with Gasteiger partial charge in [0, 0.05) is 29.6 Å². The maximum Gasteiger partial charge on any atom is 0.275 e. The quantitative estimate of drug-likeness (QED) is 0.640. The first-order valence-corrected chi connectivity index (χ1v) is 9.99. The maximum absolute atomic E-state index is 12.4. The van der Waals surface area contributed by atoms with Crippen molar-refractivity contribution in [2.45, 2.75) is 25.8 Å². The molecule has 0 unspecified atom stereocenters. The molecule has 2 fully saturated rings. The first kappa shape index (κ1) is 18.5. The predicted molar refractivity (Wildman–Crippen MR) is 102 cm³/mol. The van der Waals surface area contributed by atoms with Crippen LogP contribution in [-0.4, -0.2) is 64.3 Å². The minimum atomic E-state index is 0.219.